The first-order valence-electron chi connectivity index (χ1n) is 14.4. The molecule has 0 aromatic carbocycles. The molecule has 6 nitrogen and oxygen atoms in total. The summed E-state index contributed by atoms with van der Waals surface area (Å²) in [6.07, 6.45) is 7.42. The molecule has 2 N–H and O–H groups in total. The maximum atomic E-state index is 12.3. The maximum absolute atomic E-state index is 12.3. The first kappa shape index (κ1) is 28.4. The number of esters is 1. The molecule has 0 radical (unpaired) electrons. The van der Waals surface area contributed by atoms with Gasteiger partial charge in [-0.05, 0) is 92.8 Å². The van der Waals surface area contributed by atoms with E-state index in [2.05, 4.69) is 33.0 Å². The minimum Gasteiger partial charge on any atom is -0.436 e. The van der Waals surface area contributed by atoms with E-state index < -0.39 is 0 Å². The molecule has 9 atom stereocenters. The summed E-state index contributed by atoms with van der Waals surface area (Å²) in [5.74, 6) is 6.37. The first-order valence-corrected chi connectivity index (χ1v) is 14.4. The van der Waals surface area contributed by atoms with E-state index in [4.69, 9.17) is 14.6 Å². The normalized spacial score (nSPS) is 35.8. The van der Waals surface area contributed by atoms with Gasteiger partial charge in [-0.25, -0.2) is 0 Å². The summed E-state index contributed by atoms with van der Waals surface area (Å²) in [6, 6.07) is 0. The van der Waals surface area contributed by atoms with Crippen LogP contribution in [-0.2, 0) is 19.1 Å². The number of aliphatic hydroxyl groups is 1. The summed E-state index contributed by atoms with van der Waals surface area (Å²) in [5, 5.41) is 11.5. The Labute approximate surface area is 213 Å². The standard InChI is InChI=1S/C16H28O3.C13H23NO2/c1-5-15(18-6-2)19-16(17)14-9-11-7-12(14)8-13(11)10(3)4;1-8(2)11-6-10-5-9(11)7-12(10)13(16)14-3-4-15/h10-15H,5-9H2,1-4H3;8-12,15H,3-7H2,1-2H3,(H,14,16). The van der Waals surface area contributed by atoms with Crippen molar-refractivity contribution in [2.75, 3.05) is 19.8 Å². The number of hydrogen-bond donors (Lipinski definition) is 2. The lowest BCUT2D eigenvalue weighted by Gasteiger charge is -2.30. The highest BCUT2D eigenvalue weighted by Crippen LogP contribution is 2.55. The van der Waals surface area contributed by atoms with E-state index in [1.54, 1.807) is 0 Å². The van der Waals surface area contributed by atoms with E-state index in [1.807, 2.05) is 13.8 Å². The minimum absolute atomic E-state index is 0.0185. The lowest BCUT2D eigenvalue weighted by molar-refractivity contribution is -0.185. The van der Waals surface area contributed by atoms with Crippen LogP contribution >= 0.6 is 0 Å². The van der Waals surface area contributed by atoms with Gasteiger partial charge in [0.1, 0.15) is 0 Å². The van der Waals surface area contributed by atoms with Gasteiger partial charge in [-0.3, -0.25) is 9.59 Å². The van der Waals surface area contributed by atoms with Gasteiger partial charge in [0.15, 0.2) is 0 Å². The predicted octanol–water partition coefficient (Wildman–Crippen LogP) is 5.03. The second-order valence-electron chi connectivity index (χ2n) is 12.2. The van der Waals surface area contributed by atoms with Crippen molar-refractivity contribution in [1.29, 1.82) is 0 Å². The third-order valence-corrected chi connectivity index (χ3v) is 9.52. The van der Waals surface area contributed by atoms with Crippen LogP contribution in [-0.4, -0.2) is 43.0 Å². The number of nitrogens with one attached hydrogen (secondary N) is 1. The molecule has 202 valence electrons. The Morgan fingerprint density at radius 2 is 1.37 bits per heavy atom. The molecule has 0 aromatic rings. The molecular formula is C29H51NO5. The molecule has 4 aliphatic carbocycles. The van der Waals surface area contributed by atoms with Crippen molar-refractivity contribution in [2.45, 2.75) is 92.8 Å². The van der Waals surface area contributed by atoms with Gasteiger partial charge in [-0.15, -0.1) is 0 Å². The maximum Gasteiger partial charge on any atom is 0.311 e. The van der Waals surface area contributed by atoms with Crippen LogP contribution in [0.4, 0.5) is 0 Å². The van der Waals surface area contributed by atoms with Crippen molar-refractivity contribution >= 4 is 11.9 Å². The molecule has 35 heavy (non-hydrogen) atoms. The smallest absolute Gasteiger partial charge is 0.311 e. The Bertz CT molecular complexity index is 695. The Hall–Kier alpha value is -1.14. The highest BCUT2D eigenvalue weighted by molar-refractivity contribution is 5.79. The summed E-state index contributed by atoms with van der Waals surface area (Å²) in [6.45, 7) is 14.2. The van der Waals surface area contributed by atoms with Crippen molar-refractivity contribution in [3.63, 3.8) is 0 Å². The summed E-state index contributed by atoms with van der Waals surface area (Å²) in [5.41, 5.74) is 0. The molecule has 4 saturated carbocycles. The van der Waals surface area contributed by atoms with Crippen LogP contribution in [0.15, 0.2) is 0 Å². The predicted molar refractivity (Wildman–Crippen MR) is 137 cm³/mol. The molecule has 4 fully saturated rings. The molecule has 4 bridgehead atoms. The number of rotatable bonds is 10. The highest BCUT2D eigenvalue weighted by atomic mass is 16.7. The number of fused-ring (bicyclic) bond motifs is 4. The number of hydrogen-bond acceptors (Lipinski definition) is 5. The molecule has 0 saturated heterocycles. The van der Waals surface area contributed by atoms with Crippen LogP contribution in [0.5, 0.6) is 0 Å². The molecule has 0 aromatic heterocycles. The molecule has 4 rings (SSSR count). The average molecular weight is 494 g/mol. The Morgan fingerprint density at radius 1 is 0.829 bits per heavy atom. The SMILES string of the molecule is CC(C)C1CC2CC1CC2C(=O)NCCO.CCOC(CC)OC(=O)C1CC2CC1CC2C(C)C. The quantitative estimate of drug-likeness (QED) is 0.329. The van der Waals surface area contributed by atoms with Crippen molar-refractivity contribution in [2.24, 2.45) is 59.2 Å². The van der Waals surface area contributed by atoms with Crippen molar-refractivity contribution in [1.82, 2.24) is 5.32 Å². The van der Waals surface area contributed by atoms with E-state index in [0.29, 0.717) is 25.0 Å². The van der Waals surface area contributed by atoms with Crippen LogP contribution in [0.3, 0.4) is 0 Å². The Balaban J connectivity index is 0.000000198. The third kappa shape index (κ3) is 6.80. The number of carbonyl (C=O) groups excluding carboxylic acids is 2. The summed E-state index contributed by atoms with van der Waals surface area (Å²) in [4.78, 5) is 24.1. The van der Waals surface area contributed by atoms with Gasteiger partial charge in [0, 0.05) is 25.5 Å². The molecule has 6 heteroatoms. The van der Waals surface area contributed by atoms with E-state index >= 15 is 0 Å². The highest BCUT2D eigenvalue weighted by Gasteiger charge is 2.50. The van der Waals surface area contributed by atoms with Crippen molar-refractivity contribution in [3.8, 4) is 0 Å². The summed E-state index contributed by atoms with van der Waals surface area (Å²) in [7, 11) is 0. The number of ether oxygens (including phenoxy) is 2. The molecule has 9 unspecified atom stereocenters. The Morgan fingerprint density at radius 3 is 1.77 bits per heavy atom. The van der Waals surface area contributed by atoms with Gasteiger partial charge in [-0.1, -0.05) is 34.6 Å². The van der Waals surface area contributed by atoms with Crippen molar-refractivity contribution in [3.05, 3.63) is 0 Å². The summed E-state index contributed by atoms with van der Waals surface area (Å²) >= 11 is 0. The zero-order chi connectivity index (χ0) is 25.7. The summed E-state index contributed by atoms with van der Waals surface area (Å²) < 4.78 is 10.9. The second-order valence-corrected chi connectivity index (χ2v) is 12.2. The molecule has 0 aliphatic heterocycles. The molecule has 0 heterocycles. The van der Waals surface area contributed by atoms with E-state index in [0.717, 1.165) is 54.8 Å². The van der Waals surface area contributed by atoms with E-state index in [1.165, 1.54) is 25.7 Å². The first-order chi connectivity index (χ1) is 16.7. The minimum atomic E-state index is -0.350. The van der Waals surface area contributed by atoms with Gasteiger partial charge in [-0.2, -0.15) is 0 Å². The van der Waals surface area contributed by atoms with Gasteiger partial charge in [0.2, 0.25) is 12.2 Å². The van der Waals surface area contributed by atoms with E-state index in [9.17, 15) is 9.59 Å². The van der Waals surface area contributed by atoms with E-state index in [-0.39, 0.29) is 36.6 Å². The number of amides is 1. The molecular weight excluding hydrogens is 442 g/mol. The fourth-order valence-electron chi connectivity index (χ4n) is 7.83. The lowest BCUT2D eigenvalue weighted by Crippen LogP contribution is -2.36. The molecule has 0 spiro atoms. The largest absolute Gasteiger partial charge is 0.436 e. The van der Waals surface area contributed by atoms with Gasteiger partial charge in [0.05, 0.1) is 12.5 Å². The topological polar surface area (TPSA) is 84.9 Å². The van der Waals surface area contributed by atoms with Gasteiger partial charge in [0.25, 0.3) is 0 Å². The van der Waals surface area contributed by atoms with Gasteiger partial charge >= 0.3 is 5.97 Å². The van der Waals surface area contributed by atoms with Crippen LogP contribution in [0.2, 0.25) is 0 Å². The average Bonchev–Trinajstić information content (AvgIpc) is 3.62. The molecule has 4 aliphatic rings. The Kier molecular flexibility index (Phi) is 10.5. The van der Waals surface area contributed by atoms with Gasteiger partial charge < -0.3 is 19.9 Å². The monoisotopic (exact) mass is 493 g/mol. The third-order valence-electron chi connectivity index (χ3n) is 9.52. The van der Waals surface area contributed by atoms with Crippen LogP contribution in [0, 0.1) is 59.2 Å². The van der Waals surface area contributed by atoms with Crippen LogP contribution < -0.4 is 5.32 Å². The zero-order valence-electron chi connectivity index (χ0n) is 23.0. The fraction of sp³-hybridized carbons (Fsp3) is 0.931. The number of aliphatic hydroxyl groups excluding tert-OH is 1. The lowest BCUT2D eigenvalue weighted by atomic mass is 9.76. The van der Waals surface area contributed by atoms with Crippen LogP contribution in [0.25, 0.3) is 0 Å². The van der Waals surface area contributed by atoms with Crippen molar-refractivity contribution < 1.29 is 24.2 Å². The molecule has 1 amide bonds. The zero-order valence-corrected chi connectivity index (χ0v) is 23.0. The fourth-order valence-corrected chi connectivity index (χ4v) is 7.83. The van der Waals surface area contributed by atoms with Crippen LogP contribution in [0.1, 0.15) is 86.5 Å². The number of carbonyl (C=O) groups is 2. The second kappa shape index (κ2) is 12.9.